The maximum Gasteiger partial charge on any atom is 0.336 e. The number of carbonyl (C=O) groups excluding carboxylic acids is 3. The minimum absolute atomic E-state index is 0.226. The molecule has 0 radical (unpaired) electrons. The lowest BCUT2D eigenvalue weighted by molar-refractivity contribution is -0.122. The van der Waals surface area contributed by atoms with Gasteiger partial charge in [-0.1, -0.05) is 12.1 Å². The number of amides is 4. The fourth-order valence-electron chi connectivity index (χ4n) is 3.12. The molecule has 2 aromatic carbocycles. The van der Waals surface area contributed by atoms with Crippen LogP contribution in [-0.4, -0.2) is 45.8 Å². The Hall–Kier alpha value is -4.01. The summed E-state index contributed by atoms with van der Waals surface area (Å²) >= 11 is 0. The Kier molecular flexibility index (Phi) is 6.44. The first-order chi connectivity index (χ1) is 14.9. The van der Waals surface area contributed by atoms with Gasteiger partial charge >= 0.3 is 6.03 Å². The third-order valence-corrected chi connectivity index (χ3v) is 4.54. The topological polar surface area (TPSA) is 103 Å². The summed E-state index contributed by atoms with van der Waals surface area (Å²) < 4.78 is 21.4. The molecule has 2 aromatic rings. The van der Waals surface area contributed by atoms with Gasteiger partial charge in [0.2, 0.25) is 0 Å². The minimum Gasteiger partial charge on any atom is -0.496 e. The fourth-order valence-corrected chi connectivity index (χ4v) is 3.12. The van der Waals surface area contributed by atoms with Gasteiger partial charge in [-0.3, -0.25) is 14.9 Å². The first-order valence-corrected chi connectivity index (χ1v) is 9.38. The van der Waals surface area contributed by atoms with Crippen molar-refractivity contribution in [1.82, 2.24) is 5.32 Å². The third kappa shape index (κ3) is 4.16. The maximum atomic E-state index is 13.2. The molecule has 9 heteroatoms. The molecular weight excluding hydrogens is 404 g/mol. The molecule has 0 spiro atoms. The number of ether oxygens (including phenoxy) is 4. The number of carbonyl (C=O) groups is 3. The molecule has 1 aliphatic rings. The fraction of sp³-hybridized carbons (Fsp3) is 0.227. The number of nitrogens with zero attached hydrogens (tertiary/aromatic N) is 1. The van der Waals surface area contributed by atoms with Crippen molar-refractivity contribution in [2.45, 2.75) is 6.92 Å². The van der Waals surface area contributed by atoms with Crippen LogP contribution in [0.4, 0.5) is 10.5 Å². The van der Waals surface area contributed by atoms with Crippen molar-refractivity contribution < 1.29 is 33.3 Å². The Balaban J connectivity index is 2.10. The first-order valence-electron chi connectivity index (χ1n) is 9.38. The van der Waals surface area contributed by atoms with Gasteiger partial charge in [0.25, 0.3) is 11.8 Å². The summed E-state index contributed by atoms with van der Waals surface area (Å²) in [5, 5.41) is 2.19. The summed E-state index contributed by atoms with van der Waals surface area (Å²) in [6.45, 7) is 2.12. The Bertz CT molecular complexity index is 1060. The Morgan fingerprint density at radius 1 is 0.903 bits per heavy atom. The largest absolute Gasteiger partial charge is 0.496 e. The normalized spacial score (nSPS) is 15.0. The van der Waals surface area contributed by atoms with Crippen molar-refractivity contribution in [3.63, 3.8) is 0 Å². The summed E-state index contributed by atoms with van der Waals surface area (Å²) in [6, 6.07) is 8.86. The van der Waals surface area contributed by atoms with E-state index in [-0.39, 0.29) is 11.3 Å². The zero-order valence-electron chi connectivity index (χ0n) is 17.6. The van der Waals surface area contributed by atoms with Crippen LogP contribution >= 0.6 is 0 Å². The van der Waals surface area contributed by atoms with E-state index in [0.29, 0.717) is 35.2 Å². The maximum absolute atomic E-state index is 13.2. The lowest BCUT2D eigenvalue weighted by Crippen LogP contribution is -2.54. The van der Waals surface area contributed by atoms with Crippen LogP contribution < -0.4 is 29.2 Å². The number of hydrogen-bond acceptors (Lipinski definition) is 7. The van der Waals surface area contributed by atoms with Crippen molar-refractivity contribution in [1.29, 1.82) is 0 Å². The zero-order valence-corrected chi connectivity index (χ0v) is 17.6. The van der Waals surface area contributed by atoms with E-state index in [1.807, 2.05) is 0 Å². The van der Waals surface area contributed by atoms with Gasteiger partial charge in [-0.25, -0.2) is 9.69 Å². The predicted molar refractivity (Wildman–Crippen MR) is 113 cm³/mol. The van der Waals surface area contributed by atoms with Crippen molar-refractivity contribution in [2.24, 2.45) is 0 Å². The molecule has 0 aromatic heterocycles. The van der Waals surface area contributed by atoms with Gasteiger partial charge < -0.3 is 18.9 Å². The van der Waals surface area contributed by atoms with Crippen molar-refractivity contribution in [3.05, 3.63) is 47.5 Å². The monoisotopic (exact) mass is 426 g/mol. The Labute approximate surface area is 179 Å². The second-order valence-electron chi connectivity index (χ2n) is 6.31. The first kappa shape index (κ1) is 21.7. The van der Waals surface area contributed by atoms with Crippen LogP contribution in [0.1, 0.15) is 12.5 Å². The van der Waals surface area contributed by atoms with Crippen LogP contribution in [0.25, 0.3) is 6.08 Å². The second kappa shape index (κ2) is 9.21. The SMILES string of the molecule is CCOc1ccccc1N1C(=O)NC(=O)C(=Cc2cc(OC)c(OC)cc2OC)C1=O. The number of anilines is 1. The number of para-hydroxylation sites is 2. The van der Waals surface area contributed by atoms with E-state index in [1.165, 1.54) is 27.4 Å². The zero-order chi connectivity index (χ0) is 22.5. The van der Waals surface area contributed by atoms with E-state index in [2.05, 4.69) is 5.32 Å². The summed E-state index contributed by atoms with van der Waals surface area (Å²) in [5.74, 6) is -0.124. The van der Waals surface area contributed by atoms with Crippen LogP contribution in [0.2, 0.25) is 0 Å². The summed E-state index contributed by atoms with van der Waals surface area (Å²) in [5.41, 5.74) is 0.368. The van der Waals surface area contributed by atoms with E-state index in [4.69, 9.17) is 18.9 Å². The number of benzene rings is 2. The molecule has 3 rings (SSSR count). The number of nitrogens with one attached hydrogen (secondary N) is 1. The molecule has 31 heavy (non-hydrogen) atoms. The highest BCUT2D eigenvalue weighted by Gasteiger charge is 2.38. The van der Waals surface area contributed by atoms with Gasteiger partial charge in [0.15, 0.2) is 11.5 Å². The van der Waals surface area contributed by atoms with Crippen molar-refractivity contribution in [3.8, 4) is 23.0 Å². The average molecular weight is 426 g/mol. The molecule has 0 atom stereocenters. The molecule has 0 saturated carbocycles. The quantitative estimate of drug-likeness (QED) is 0.536. The van der Waals surface area contributed by atoms with Gasteiger partial charge in [-0.05, 0) is 31.2 Å². The highest BCUT2D eigenvalue weighted by molar-refractivity contribution is 6.39. The summed E-state index contributed by atoms with van der Waals surface area (Å²) in [6.07, 6.45) is 1.33. The average Bonchev–Trinajstić information content (AvgIpc) is 2.77. The van der Waals surface area contributed by atoms with E-state index in [9.17, 15) is 14.4 Å². The molecular formula is C22H22N2O7. The summed E-state index contributed by atoms with van der Waals surface area (Å²) in [4.78, 5) is 39.1. The van der Waals surface area contributed by atoms with E-state index in [1.54, 1.807) is 43.3 Å². The standard InChI is InChI=1S/C22H22N2O7/c1-5-31-16-9-7-6-8-15(16)24-21(26)14(20(25)23-22(24)27)10-13-11-18(29-3)19(30-4)12-17(13)28-2/h6-12H,5H2,1-4H3,(H,23,25,27). The van der Waals surface area contributed by atoms with Crippen molar-refractivity contribution >= 4 is 29.6 Å². The lowest BCUT2D eigenvalue weighted by atomic mass is 10.0. The van der Waals surface area contributed by atoms with Gasteiger partial charge in [-0.2, -0.15) is 0 Å². The molecule has 0 aliphatic carbocycles. The molecule has 1 aliphatic heterocycles. The molecule has 9 nitrogen and oxygen atoms in total. The number of barbiturate groups is 1. The Morgan fingerprint density at radius 3 is 2.19 bits per heavy atom. The molecule has 1 heterocycles. The lowest BCUT2D eigenvalue weighted by Gasteiger charge is -2.27. The van der Waals surface area contributed by atoms with Crippen LogP contribution in [0.5, 0.6) is 23.0 Å². The molecule has 1 fully saturated rings. The molecule has 162 valence electrons. The van der Waals surface area contributed by atoms with Gasteiger partial charge in [0, 0.05) is 11.6 Å². The molecule has 0 unspecified atom stereocenters. The molecule has 1 saturated heterocycles. The Morgan fingerprint density at radius 2 is 1.55 bits per heavy atom. The molecule has 1 N–H and O–H groups in total. The number of rotatable bonds is 7. The van der Waals surface area contributed by atoms with Gasteiger partial charge in [0.05, 0.1) is 33.6 Å². The van der Waals surface area contributed by atoms with Crippen LogP contribution in [-0.2, 0) is 9.59 Å². The summed E-state index contributed by atoms with van der Waals surface area (Å²) in [7, 11) is 4.39. The number of urea groups is 1. The van der Waals surface area contributed by atoms with E-state index in [0.717, 1.165) is 4.90 Å². The van der Waals surface area contributed by atoms with E-state index < -0.39 is 17.8 Å². The van der Waals surface area contributed by atoms with Gasteiger partial charge in [0.1, 0.15) is 17.1 Å². The highest BCUT2D eigenvalue weighted by Crippen LogP contribution is 2.37. The predicted octanol–water partition coefficient (Wildman–Crippen LogP) is 2.78. The number of hydrogen-bond donors (Lipinski definition) is 1. The minimum atomic E-state index is -0.862. The molecule has 4 amide bonds. The van der Waals surface area contributed by atoms with Crippen LogP contribution in [0.3, 0.4) is 0 Å². The smallest absolute Gasteiger partial charge is 0.336 e. The third-order valence-electron chi connectivity index (χ3n) is 4.54. The van der Waals surface area contributed by atoms with E-state index >= 15 is 0 Å². The highest BCUT2D eigenvalue weighted by atomic mass is 16.5. The molecule has 0 bridgehead atoms. The van der Waals surface area contributed by atoms with Gasteiger partial charge in [-0.15, -0.1) is 0 Å². The second-order valence-corrected chi connectivity index (χ2v) is 6.31. The van der Waals surface area contributed by atoms with Crippen LogP contribution in [0.15, 0.2) is 42.0 Å². The number of imide groups is 2. The number of methoxy groups -OCH3 is 3. The van der Waals surface area contributed by atoms with Crippen molar-refractivity contribution in [2.75, 3.05) is 32.8 Å². The van der Waals surface area contributed by atoms with Crippen LogP contribution in [0, 0.1) is 0 Å².